The average Bonchev–Trinajstić information content (AvgIpc) is 1.86. The van der Waals surface area contributed by atoms with Crippen LogP contribution in [-0.2, 0) is 6.18 Å². The number of hydrogen-bond donors (Lipinski definition) is 0. The van der Waals surface area contributed by atoms with Gasteiger partial charge in [0.2, 0.25) is 0 Å². The van der Waals surface area contributed by atoms with E-state index in [2.05, 4.69) is 0 Å². The Bertz CT molecular complexity index is 254. The molecule has 0 aliphatic heterocycles. The van der Waals surface area contributed by atoms with Crippen molar-refractivity contribution in [3.63, 3.8) is 0 Å². The summed E-state index contributed by atoms with van der Waals surface area (Å²) in [6.45, 7) is 0. The van der Waals surface area contributed by atoms with Crippen molar-refractivity contribution in [1.82, 2.24) is 0 Å². The standard InChI is InChI=1S/C7H4F3.Sn/c8-7(9,10)6-4-2-1-3-5-6;/h1-2,4-5H;. The Morgan fingerprint density at radius 3 is 2.18 bits per heavy atom. The first-order chi connectivity index (χ1) is 5.00. The van der Waals surface area contributed by atoms with Gasteiger partial charge in [0, 0.05) is 0 Å². The second kappa shape index (κ2) is 3.05. The summed E-state index contributed by atoms with van der Waals surface area (Å²) in [7, 11) is 0. The zero-order chi connectivity index (χ0) is 8.48. The molecule has 1 rings (SSSR count). The Morgan fingerprint density at radius 2 is 1.82 bits per heavy atom. The second-order valence-electron chi connectivity index (χ2n) is 2.08. The Labute approximate surface area is 75.5 Å². The van der Waals surface area contributed by atoms with Crippen LogP contribution in [0, 0.1) is 0 Å². The van der Waals surface area contributed by atoms with Crippen molar-refractivity contribution in [1.29, 1.82) is 0 Å². The normalized spacial score (nSPS) is 11.6. The molecule has 0 aliphatic carbocycles. The number of alkyl halides is 3. The molecule has 4 heteroatoms. The maximum absolute atomic E-state index is 12.0. The third-order valence-electron chi connectivity index (χ3n) is 1.19. The molecule has 0 unspecified atom stereocenters. The summed E-state index contributed by atoms with van der Waals surface area (Å²) in [5.74, 6) is 0. The molecule has 0 heterocycles. The van der Waals surface area contributed by atoms with Crippen LogP contribution in [0.15, 0.2) is 24.3 Å². The third-order valence-corrected chi connectivity index (χ3v) is 2.08. The minimum absolute atomic E-state index is 0.563. The SMILES string of the molecule is FC(F)(F)c1ccc[c]([Sn])c1. The molecule has 0 atom stereocenters. The first-order valence-corrected chi connectivity index (χ1v) is 4.32. The van der Waals surface area contributed by atoms with E-state index in [1.165, 1.54) is 6.07 Å². The summed E-state index contributed by atoms with van der Waals surface area (Å²) >= 11 is 1.00. The fourth-order valence-electron chi connectivity index (χ4n) is 0.696. The molecule has 0 N–H and O–H groups in total. The summed E-state index contributed by atoms with van der Waals surface area (Å²) in [5.41, 5.74) is -0.563. The van der Waals surface area contributed by atoms with Gasteiger partial charge in [-0.05, 0) is 0 Å². The molecule has 0 nitrogen and oxygen atoms in total. The first-order valence-electron chi connectivity index (χ1n) is 2.89. The Morgan fingerprint density at radius 1 is 1.18 bits per heavy atom. The fourth-order valence-corrected chi connectivity index (χ4v) is 1.41. The van der Waals surface area contributed by atoms with E-state index in [0.717, 1.165) is 34.7 Å². The summed E-state index contributed by atoms with van der Waals surface area (Å²) in [6.07, 6.45) is -4.20. The number of hydrogen-bond acceptors (Lipinski definition) is 0. The molecule has 0 saturated heterocycles. The van der Waals surface area contributed by atoms with E-state index >= 15 is 0 Å². The summed E-state index contributed by atoms with van der Waals surface area (Å²) in [5, 5.41) is 0. The Kier molecular flexibility index (Phi) is 2.46. The van der Waals surface area contributed by atoms with Gasteiger partial charge in [0.1, 0.15) is 0 Å². The second-order valence-corrected chi connectivity index (χ2v) is 3.73. The summed E-state index contributed by atoms with van der Waals surface area (Å²) in [4.78, 5) is 0. The molecule has 0 aliphatic rings. The van der Waals surface area contributed by atoms with E-state index in [-0.39, 0.29) is 0 Å². The predicted octanol–water partition coefficient (Wildman–Crippen LogP) is 1.50. The van der Waals surface area contributed by atoms with Crippen molar-refractivity contribution in [2.24, 2.45) is 0 Å². The molecule has 0 fully saturated rings. The average molecular weight is 264 g/mol. The Balaban J connectivity index is 3.06. The van der Waals surface area contributed by atoms with E-state index in [0.29, 0.717) is 3.58 Å². The van der Waals surface area contributed by atoms with Crippen molar-refractivity contribution in [3.05, 3.63) is 29.8 Å². The van der Waals surface area contributed by atoms with Crippen LogP contribution in [0.5, 0.6) is 0 Å². The molecule has 0 saturated carbocycles. The van der Waals surface area contributed by atoms with Crippen LogP contribution in [-0.4, -0.2) is 22.5 Å². The van der Waals surface area contributed by atoms with Gasteiger partial charge in [-0.1, -0.05) is 0 Å². The van der Waals surface area contributed by atoms with E-state index in [1.807, 2.05) is 0 Å². The summed E-state index contributed by atoms with van der Waals surface area (Å²) in [6, 6.07) is 5.34. The number of rotatable bonds is 0. The number of halogens is 3. The van der Waals surface area contributed by atoms with Crippen LogP contribution in [0.2, 0.25) is 0 Å². The zero-order valence-corrected chi connectivity index (χ0v) is 8.30. The van der Waals surface area contributed by atoms with Gasteiger partial charge in [0.25, 0.3) is 0 Å². The molecule has 57 valence electrons. The van der Waals surface area contributed by atoms with Crippen molar-refractivity contribution in [2.45, 2.75) is 6.18 Å². The maximum atomic E-state index is 12.0. The van der Waals surface area contributed by atoms with Crippen molar-refractivity contribution < 1.29 is 13.2 Å². The first kappa shape index (κ1) is 8.90. The van der Waals surface area contributed by atoms with E-state index < -0.39 is 11.7 Å². The van der Waals surface area contributed by atoms with Gasteiger partial charge in [0.15, 0.2) is 0 Å². The predicted molar refractivity (Wildman–Crippen MR) is 36.8 cm³/mol. The van der Waals surface area contributed by atoms with Crippen LogP contribution in [0.4, 0.5) is 13.2 Å². The van der Waals surface area contributed by atoms with Crippen molar-refractivity contribution in [2.75, 3.05) is 0 Å². The topological polar surface area (TPSA) is 0 Å². The van der Waals surface area contributed by atoms with Crippen LogP contribution in [0.3, 0.4) is 0 Å². The van der Waals surface area contributed by atoms with Crippen LogP contribution >= 0.6 is 0 Å². The van der Waals surface area contributed by atoms with Crippen molar-refractivity contribution in [3.8, 4) is 0 Å². The monoisotopic (exact) mass is 265 g/mol. The third kappa shape index (κ3) is 2.39. The van der Waals surface area contributed by atoms with Gasteiger partial charge >= 0.3 is 75.3 Å². The molecule has 0 spiro atoms. The van der Waals surface area contributed by atoms with E-state index in [1.54, 1.807) is 6.07 Å². The van der Waals surface area contributed by atoms with Gasteiger partial charge in [-0.25, -0.2) is 0 Å². The van der Waals surface area contributed by atoms with Crippen LogP contribution in [0.1, 0.15) is 5.56 Å². The number of benzene rings is 1. The van der Waals surface area contributed by atoms with Crippen LogP contribution < -0.4 is 3.58 Å². The molecular weight excluding hydrogens is 260 g/mol. The quantitative estimate of drug-likeness (QED) is 0.623. The minimum atomic E-state index is -4.20. The van der Waals surface area contributed by atoms with Gasteiger partial charge in [-0.2, -0.15) is 0 Å². The van der Waals surface area contributed by atoms with E-state index in [9.17, 15) is 13.2 Å². The van der Waals surface area contributed by atoms with Crippen LogP contribution in [0.25, 0.3) is 0 Å². The zero-order valence-electron chi connectivity index (χ0n) is 5.44. The molecule has 0 amide bonds. The molecule has 1 aromatic carbocycles. The Hall–Kier alpha value is -0.191. The fraction of sp³-hybridized carbons (Fsp3) is 0.143. The molecule has 0 bridgehead atoms. The van der Waals surface area contributed by atoms with Gasteiger partial charge in [-0.3, -0.25) is 0 Å². The molecule has 1 aromatic rings. The summed E-state index contributed by atoms with van der Waals surface area (Å²) < 4.78 is 36.6. The molecule has 0 aromatic heterocycles. The van der Waals surface area contributed by atoms with Gasteiger partial charge in [0.05, 0.1) is 0 Å². The molecular formula is C7H4F3Sn. The molecule has 3 radical (unpaired) electrons. The van der Waals surface area contributed by atoms with Gasteiger partial charge in [-0.15, -0.1) is 0 Å². The van der Waals surface area contributed by atoms with Gasteiger partial charge < -0.3 is 0 Å². The van der Waals surface area contributed by atoms with E-state index in [4.69, 9.17) is 0 Å². The molecule has 11 heavy (non-hydrogen) atoms. The van der Waals surface area contributed by atoms with Crippen molar-refractivity contribution >= 4 is 26.1 Å².